The highest BCUT2D eigenvalue weighted by Crippen LogP contribution is 2.28. The highest BCUT2D eigenvalue weighted by Gasteiger charge is 2.30. The van der Waals surface area contributed by atoms with Crippen LogP contribution in [0.5, 0.6) is 0 Å². The molecule has 3 rings (SSSR count). The molecule has 154 valence electrons. The van der Waals surface area contributed by atoms with Gasteiger partial charge in [-0.25, -0.2) is 8.42 Å². The highest BCUT2D eigenvalue weighted by molar-refractivity contribution is 7.89. The first-order valence-electron chi connectivity index (χ1n) is 9.95. The van der Waals surface area contributed by atoms with E-state index in [-0.39, 0.29) is 36.5 Å². The van der Waals surface area contributed by atoms with Gasteiger partial charge in [0.05, 0.1) is 4.90 Å². The van der Waals surface area contributed by atoms with Crippen molar-refractivity contribution < 1.29 is 22.7 Å². The highest BCUT2D eigenvalue weighted by atomic mass is 32.2. The van der Waals surface area contributed by atoms with Gasteiger partial charge in [0.2, 0.25) is 10.0 Å². The van der Waals surface area contributed by atoms with Crippen LogP contribution in [-0.2, 0) is 24.3 Å². The van der Waals surface area contributed by atoms with Crippen LogP contribution in [0, 0.1) is 5.92 Å². The molecule has 7 nitrogen and oxygen atoms in total. The molecule has 1 heterocycles. The maximum Gasteiger partial charge on any atom is 0.306 e. The standard InChI is InChI=1S/C20H28N2O5S/c23-19(16-27-20(24)11-10-17-6-4-5-7-17)21-12-14-22(15-13-21)28(25,26)18-8-2-1-3-9-18/h1-3,8-9,17H,4-7,10-16H2. The van der Waals surface area contributed by atoms with Gasteiger partial charge in [-0.15, -0.1) is 0 Å². The smallest absolute Gasteiger partial charge is 0.306 e. The molecule has 1 aromatic carbocycles. The summed E-state index contributed by atoms with van der Waals surface area (Å²) < 4.78 is 31.7. The van der Waals surface area contributed by atoms with E-state index >= 15 is 0 Å². The molecule has 0 aromatic heterocycles. The number of carbonyl (C=O) groups is 2. The van der Waals surface area contributed by atoms with Crippen molar-refractivity contribution in [2.24, 2.45) is 5.92 Å². The molecule has 0 unspecified atom stereocenters. The van der Waals surface area contributed by atoms with E-state index in [1.165, 1.54) is 30.0 Å². The van der Waals surface area contributed by atoms with E-state index in [1.807, 2.05) is 0 Å². The molecule has 0 bridgehead atoms. The maximum absolute atomic E-state index is 12.6. The summed E-state index contributed by atoms with van der Waals surface area (Å²) in [4.78, 5) is 25.9. The number of hydrogen-bond donors (Lipinski definition) is 0. The number of esters is 1. The molecular formula is C20H28N2O5S. The molecule has 1 saturated carbocycles. The van der Waals surface area contributed by atoms with Gasteiger partial charge in [0, 0.05) is 32.6 Å². The molecule has 0 radical (unpaired) electrons. The number of sulfonamides is 1. The predicted molar refractivity (Wildman–Crippen MR) is 104 cm³/mol. The molecule has 1 aromatic rings. The third kappa shape index (κ3) is 5.32. The molecule has 0 spiro atoms. The average molecular weight is 409 g/mol. The topological polar surface area (TPSA) is 84.0 Å². The first kappa shape index (κ1) is 20.8. The Balaban J connectivity index is 1.40. The molecule has 1 amide bonds. The summed E-state index contributed by atoms with van der Waals surface area (Å²) in [5.74, 6) is 0.0133. The summed E-state index contributed by atoms with van der Waals surface area (Å²) in [5.41, 5.74) is 0. The van der Waals surface area contributed by atoms with Crippen LogP contribution in [0.3, 0.4) is 0 Å². The largest absolute Gasteiger partial charge is 0.456 e. The molecule has 1 saturated heterocycles. The Kier molecular flexibility index (Phi) is 7.07. The van der Waals surface area contributed by atoms with Crippen molar-refractivity contribution in [1.29, 1.82) is 0 Å². The summed E-state index contributed by atoms with van der Waals surface area (Å²) in [7, 11) is -3.54. The minimum absolute atomic E-state index is 0.235. The third-order valence-corrected chi connectivity index (χ3v) is 7.47. The minimum atomic E-state index is -3.54. The lowest BCUT2D eigenvalue weighted by Crippen LogP contribution is -2.51. The molecule has 2 aliphatic rings. The first-order valence-corrected chi connectivity index (χ1v) is 11.4. The van der Waals surface area contributed by atoms with Crippen molar-refractivity contribution in [2.45, 2.75) is 43.4 Å². The Morgan fingerprint density at radius 2 is 1.64 bits per heavy atom. The van der Waals surface area contributed by atoms with Gasteiger partial charge in [-0.3, -0.25) is 9.59 Å². The summed E-state index contributed by atoms with van der Waals surface area (Å²) in [6.45, 7) is 0.793. The second-order valence-corrected chi connectivity index (χ2v) is 9.39. The summed E-state index contributed by atoms with van der Waals surface area (Å²) in [6, 6.07) is 8.28. The van der Waals surface area contributed by atoms with E-state index in [2.05, 4.69) is 0 Å². The van der Waals surface area contributed by atoms with Gasteiger partial charge in [-0.05, 0) is 24.5 Å². The Morgan fingerprint density at radius 3 is 2.29 bits per heavy atom. The van der Waals surface area contributed by atoms with Crippen LogP contribution < -0.4 is 0 Å². The number of piperazine rings is 1. The SMILES string of the molecule is O=C(CCC1CCCC1)OCC(=O)N1CCN(S(=O)(=O)c2ccccc2)CC1. The number of rotatable bonds is 7. The number of benzene rings is 1. The van der Waals surface area contributed by atoms with Gasteiger partial charge in [-0.1, -0.05) is 43.9 Å². The van der Waals surface area contributed by atoms with Crippen molar-refractivity contribution in [1.82, 2.24) is 9.21 Å². The number of nitrogens with zero attached hydrogens (tertiary/aromatic N) is 2. The van der Waals surface area contributed by atoms with Crippen LogP contribution in [0.2, 0.25) is 0 Å². The van der Waals surface area contributed by atoms with Gasteiger partial charge >= 0.3 is 5.97 Å². The normalized spacial score (nSPS) is 18.9. The maximum atomic E-state index is 12.6. The number of amides is 1. The van der Waals surface area contributed by atoms with Crippen molar-refractivity contribution in [3.8, 4) is 0 Å². The van der Waals surface area contributed by atoms with Gasteiger partial charge in [-0.2, -0.15) is 4.31 Å². The van der Waals surface area contributed by atoms with Crippen molar-refractivity contribution in [3.63, 3.8) is 0 Å². The van der Waals surface area contributed by atoms with Crippen molar-refractivity contribution in [3.05, 3.63) is 30.3 Å². The third-order valence-electron chi connectivity index (χ3n) is 5.56. The van der Waals surface area contributed by atoms with Crippen molar-refractivity contribution >= 4 is 21.9 Å². The number of ether oxygens (including phenoxy) is 1. The summed E-state index contributed by atoms with van der Waals surface area (Å²) in [5, 5.41) is 0. The lowest BCUT2D eigenvalue weighted by molar-refractivity contribution is -0.152. The van der Waals surface area contributed by atoms with Crippen molar-refractivity contribution in [2.75, 3.05) is 32.8 Å². The molecule has 1 aliphatic carbocycles. The molecular weight excluding hydrogens is 380 g/mol. The zero-order valence-corrected chi connectivity index (χ0v) is 16.9. The Labute approximate surface area is 166 Å². The summed E-state index contributed by atoms with van der Waals surface area (Å²) in [6.07, 6.45) is 6.04. The van der Waals surface area contributed by atoms with Gasteiger partial charge in [0.15, 0.2) is 6.61 Å². The molecule has 8 heteroatoms. The Morgan fingerprint density at radius 1 is 1.00 bits per heavy atom. The summed E-state index contributed by atoms with van der Waals surface area (Å²) >= 11 is 0. The van der Waals surface area contributed by atoms with E-state index in [4.69, 9.17) is 4.74 Å². The van der Waals surface area contributed by atoms with Crippen LogP contribution in [0.1, 0.15) is 38.5 Å². The van der Waals surface area contributed by atoms with E-state index in [1.54, 1.807) is 35.2 Å². The number of hydrogen-bond acceptors (Lipinski definition) is 5. The van der Waals surface area contributed by atoms with Crippen LogP contribution in [0.15, 0.2) is 35.2 Å². The Hall–Kier alpha value is -1.93. The zero-order valence-electron chi connectivity index (χ0n) is 16.1. The average Bonchev–Trinajstić information content (AvgIpc) is 3.25. The van der Waals surface area contributed by atoms with Gasteiger partial charge in [0.25, 0.3) is 5.91 Å². The van der Waals surface area contributed by atoms with Gasteiger partial charge < -0.3 is 9.64 Å². The number of carbonyl (C=O) groups excluding carboxylic acids is 2. The Bertz CT molecular complexity index is 767. The lowest BCUT2D eigenvalue weighted by Gasteiger charge is -2.33. The second kappa shape index (κ2) is 9.52. The van der Waals surface area contributed by atoms with E-state index in [0.29, 0.717) is 25.4 Å². The predicted octanol–water partition coefficient (Wildman–Crippen LogP) is 2.03. The fourth-order valence-electron chi connectivity index (χ4n) is 3.85. The quantitative estimate of drug-likeness (QED) is 0.645. The molecule has 2 fully saturated rings. The zero-order chi connectivity index (χ0) is 20.0. The van der Waals surface area contributed by atoms with Gasteiger partial charge in [0.1, 0.15) is 0 Å². The molecule has 28 heavy (non-hydrogen) atoms. The fraction of sp³-hybridized carbons (Fsp3) is 0.600. The fourth-order valence-corrected chi connectivity index (χ4v) is 5.29. The van der Waals surface area contributed by atoms with E-state index in [9.17, 15) is 18.0 Å². The monoisotopic (exact) mass is 408 g/mol. The molecule has 0 N–H and O–H groups in total. The van der Waals surface area contributed by atoms with E-state index in [0.717, 1.165) is 6.42 Å². The van der Waals surface area contributed by atoms with Crippen LogP contribution >= 0.6 is 0 Å². The van der Waals surface area contributed by atoms with Crippen LogP contribution in [0.4, 0.5) is 0 Å². The molecule has 1 aliphatic heterocycles. The first-order chi connectivity index (χ1) is 13.5. The van der Waals surface area contributed by atoms with Crippen LogP contribution in [-0.4, -0.2) is 62.3 Å². The minimum Gasteiger partial charge on any atom is -0.456 e. The lowest BCUT2D eigenvalue weighted by atomic mass is 10.0. The van der Waals surface area contributed by atoms with E-state index < -0.39 is 10.0 Å². The second-order valence-electron chi connectivity index (χ2n) is 7.45. The van der Waals surface area contributed by atoms with Crippen LogP contribution in [0.25, 0.3) is 0 Å². The molecule has 0 atom stereocenters.